The predicted molar refractivity (Wildman–Crippen MR) is 131 cm³/mol. The van der Waals surface area contributed by atoms with Crippen LogP contribution in [0, 0.1) is 17.2 Å². The minimum atomic E-state index is -4.62. The molecule has 1 amide bonds. The standard InChI is InChI=1S/C27H37F4N3O3/c1-16(2)26(6-4-19(12-26)32-23-5-7-37-15-24(23)36-3)25(35)34-14-21-11-22(34)13-33(21)20-9-17(27(29,30)31)8-18(28)10-20/h8-10,16,19,21-24,32H,4-7,11-15H2,1-3H3/t19-,21+,22+,23+,24-,26+/m1/s1/i3D. The molecule has 10 heteroatoms. The molecule has 0 aromatic heterocycles. The molecule has 1 saturated carbocycles. The molecular weight excluding hydrogens is 490 g/mol. The highest BCUT2D eigenvalue weighted by Crippen LogP contribution is 2.48. The number of anilines is 1. The highest BCUT2D eigenvalue weighted by atomic mass is 19.4. The lowest BCUT2D eigenvalue weighted by molar-refractivity contribution is -0.146. The Kier molecular flexibility index (Phi) is 6.86. The van der Waals surface area contributed by atoms with Crippen molar-refractivity contribution in [2.45, 2.75) is 82.4 Å². The largest absolute Gasteiger partial charge is 0.416 e. The third-order valence-electron chi connectivity index (χ3n) is 9.09. The van der Waals surface area contributed by atoms with E-state index in [1.807, 2.05) is 9.80 Å². The van der Waals surface area contributed by atoms with E-state index < -0.39 is 23.0 Å². The fourth-order valence-corrected chi connectivity index (χ4v) is 6.97. The number of halogens is 4. The van der Waals surface area contributed by atoms with Crippen LogP contribution in [0.15, 0.2) is 18.2 Å². The maximum Gasteiger partial charge on any atom is 0.416 e. The second-order valence-corrected chi connectivity index (χ2v) is 11.4. The van der Waals surface area contributed by atoms with Crippen LogP contribution in [-0.2, 0) is 20.4 Å². The average molecular weight is 529 g/mol. The summed E-state index contributed by atoms with van der Waals surface area (Å²) < 4.78 is 72.3. The van der Waals surface area contributed by atoms with Gasteiger partial charge in [-0.15, -0.1) is 0 Å². The van der Waals surface area contributed by atoms with Gasteiger partial charge in [0.1, 0.15) is 5.82 Å². The number of nitrogens with zero attached hydrogens (tertiary/aromatic N) is 2. The average Bonchev–Trinajstić information content (AvgIpc) is 3.59. The van der Waals surface area contributed by atoms with Gasteiger partial charge in [-0.1, -0.05) is 13.8 Å². The summed E-state index contributed by atoms with van der Waals surface area (Å²) in [5.41, 5.74) is -1.28. The molecule has 0 radical (unpaired) electrons. The van der Waals surface area contributed by atoms with Crippen LogP contribution < -0.4 is 10.2 Å². The molecule has 1 N–H and O–H groups in total. The van der Waals surface area contributed by atoms with Crippen molar-refractivity contribution in [2.75, 3.05) is 38.3 Å². The van der Waals surface area contributed by atoms with Crippen molar-refractivity contribution in [1.82, 2.24) is 10.2 Å². The van der Waals surface area contributed by atoms with Crippen LogP contribution in [0.1, 0.15) is 52.9 Å². The van der Waals surface area contributed by atoms with Gasteiger partial charge >= 0.3 is 6.18 Å². The Morgan fingerprint density at radius 3 is 2.73 bits per heavy atom. The van der Waals surface area contributed by atoms with E-state index in [1.54, 1.807) is 0 Å². The van der Waals surface area contributed by atoms with Crippen molar-refractivity contribution in [3.63, 3.8) is 0 Å². The van der Waals surface area contributed by atoms with Crippen LogP contribution in [0.3, 0.4) is 0 Å². The van der Waals surface area contributed by atoms with E-state index in [-0.39, 0.29) is 54.9 Å². The summed E-state index contributed by atoms with van der Waals surface area (Å²) >= 11 is 0. The van der Waals surface area contributed by atoms with Gasteiger partial charge in [0.2, 0.25) is 5.91 Å². The second kappa shape index (κ2) is 10.0. The zero-order valence-electron chi connectivity index (χ0n) is 22.4. The molecule has 4 fully saturated rings. The monoisotopic (exact) mass is 528 g/mol. The molecule has 2 bridgehead atoms. The SMILES string of the molecule is [2H]CO[C@@H]1COCC[C@@H]1N[C@@H]1CC[C@@](C(=O)N2C[C@@H]3C[C@H]2CN3c2cc(F)cc(C(F)(F)F)c2)(C(C)C)C1. The highest BCUT2D eigenvalue weighted by Gasteiger charge is 2.54. The molecular formula is C27H37F4N3O3. The van der Waals surface area contributed by atoms with Crippen molar-refractivity contribution >= 4 is 11.6 Å². The lowest BCUT2D eigenvalue weighted by Gasteiger charge is -2.42. The molecule has 4 aliphatic rings. The van der Waals surface area contributed by atoms with Crippen LogP contribution in [0.2, 0.25) is 0 Å². The zero-order chi connectivity index (χ0) is 27.2. The van der Waals surface area contributed by atoms with E-state index in [9.17, 15) is 22.4 Å². The molecule has 0 spiro atoms. The van der Waals surface area contributed by atoms with Gasteiger partial charge in [0.05, 0.1) is 31.1 Å². The van der Waals surface area contributed by atoms with Crippen molar-refractivity contribution in [3.8, 4) is 0 Å². The molecule has 3 saturated heterocycles. The molecule has 1 aliphatic carbocycles. The number of piperazine rings is 1. The minimum absolute atomic E-state index is 0.0846. The summed E-state index contributed by atoms with van der Waals surface area (Å²) in [6, 6.07) is 2.69. The second-order valence-electron chi connectivity index (χ2n) is 11.4. The van der Waals surface area contributed by atoms with E-state index in [4.69, 9.17) is 10.8 Å². The zero-order valence-corrected chi connectivity index (χ0v) is 21.4. The van der Waals surface area contributed by atoms with E-state index >= 15 is 0 Å². The van der Waals surface area contributed by atoms with E-state index in [2.05, 4.69) is 19.2 Å². The maximum absolute atomic E-state index is 14.1. The van der Waals surface area contributed by atoms with Gasteiger partial charge in [0.25, 0.3) is 0 Å². The number of nitrogens with one attached hydrogen (secondary N) is 1. The molecule has 3 aliphatic heterocycles. The lowest BCUT2D eigenvalue weighted by Crippen LogP contribution is -2.55. The first-order valence-electron chi connectivity index (χ1n) is 13.9. The number of likely N-dealkylation sites (tertiary alicyclic amines) is 1. The molecule has 6 atom stereocenters. The van der Waals surface area contributed by atoms with Crippen molar-refractivity contribution < 1.29 is 33.2 Å². The van der Waals surface area contributed by atoms with E-state index in [0.717, 1.165) is 31.4 Å². The van der Waals surface area contributed by atoms with Crippen LogP contribution in [0.5, 0.6) is 0 Å². The Morgan fingerprint density at radius 1 is 1.24 bits per heavy atom. The Morgan fingerprint density at radius 2 is 2.05 bits per heavy atom. The molecule has 3 heterocycles. The minimum Gasteiger partial charge on any atom is -0.379 e. The fraction of sp³-hybridized carbons (Fsp3) is 0.741. The Bertz CT molecular complexity index is 1030. The van der Waals surface area contributed by atoms with Crippen LogP contribution >= 0.6 is 0 Å². The summed E-state index contributed by atoms with van der Waals surface area (Å²) in [7, 11) is -0.118. The van der Waals surface area contributed by atoms with Crippen LogP contribution in [0.25, 0.3) is 0 Å². The van der Waals surface area contributed by atoms with Crippen LogP contribution in [0.4, 0.5) is 23.2 Å². The summed E-state index contributed by atoms with van der Waals surface area (Å²) in [6.45, 7) is 6.12. The number of benzene rings is 1. The number of methoxy groups -OCH3 is 1. The molecule has 1 aromatic rings. The topological polar surface area (TPSA) is 54.0 Å². The van der Waals surface area contributed by atoms with Crippen molar-refractivity contribution in [3.05, 3.63) is 29.6 Å². The highest BCUT2D eigenvalue weighted by molar-refractivity contribution is 5.84. The van der Waals surface area contributed by atoms with Crippen molar-refractivity contribution in [1.29, 1.82) is 0 Å². The summed E-state index contributed by atoms with van der Waals surface area (Å²) in [5, 5.41) is 3.70. The third kappa shape index (κ3) is 4.96. The summed E-state index contributed by atoms with van der Waals surface area (Å²) in [6.07, 6.45) is -0.972. The smallest absolute Gasteiger partial charge is 0.379 e. The number of carbonyl (C=O) groups is 1. The number of carbonyl (C=O) groups excluding carboxylic acids is 1. The maximum atomic E-state index is 14.1. The predicted octanol–water partition coefficient (Wildman–Crippen LogP) is 4.22. The summed E-state index contributed by atoms with van der Waals surface area (Å²) in [5.74, 6) is -0.650. The van der Waals surface area contributed by atoms with Gasteiger partial charge < -0.3 is 24.6 Å². The molecule has 1 aromatic carbocycles. The number of hydrogen-bond donors (Lipinski definition) is 1. The first kappa shape index (κ1) is 25.4. The van der Waals surface area contributed by atoms with Gasteiger partial charge in [-0.25, -0.2) is 4.39 Å². The number of alkyl halides is 3. The molecule has 37 heavy (non-hydrogen) atoms. The lowest BCUT2D eigenvalue weighted by atomic mass is 9.74. The third-order valence-corrected chi connectivity index (χ3v) is 9.09. The number of hydrogen-bond acceptors (Lipinski definition) is 5. The van der Waals surface area contributed by atoms with E-state index in [0.29, 0.717) is 45.2 Å². The van der Waals surface area contributed by atoms with Gasteiger partial charge in [-0.05, 0) is 56.2 Å². The van der Waals surface area contributed by atoms with Crippen molar-refractivity contribution in [2.24, 2.45) is 11.3 Å². The van der Waals surface area contributed by atoms with Gasteiger partial charge in [-0.2, -0.15) is 13.2 Å². The molecule has 206 valence electrons. The number of ether oxygens (including phenoxy) is 2. The molecule has 5 rings (SSSR count). The van der Waals surface area contributed by atoms with E-state index in [1.165, 1.54) is 0 Å². The first-order valence-corrected chi connectivity index (χ1v) is 13.2. The number of rotatable bonds is 6. The normalized spacial score (nSPS) is 34.5. The number of fused-ring (bicyclic) bond motifs is 2. The van der Waals surface area contributed by atoms with Gasteiger partial charge in [0.15, 0.2) is 0 Å². The first-order chi connectivity index (χ1) is 18.0. The van der Waals surface area contributed by atoms with Gasteiger partial charge in [0, 0.05) is 50.6 Å². The van der Waals surface area contributed by atoms with Crippen LogP contribution in [-0.4, -0.2) is 74.5 Å². The quantitative estimate of drug-likeness (QED) is 0.561. The fourth-order valence-electron chi connectivity index (χ4n) is 6.97. The molecule has 6 nitrogen and oxygen atoms in total. The van der Waals surface area contributed by atoms with Gasteiger partial charge in [-0.3, -0.25) is 4.79 Å². The Hall–Kier alpha value is -1.91. The number of amides is 1. The molecule has 0 unspecified atom stereocenters. The Balaban J connectivity index is 1.26. The summed E-state index contributed by atoms with van der Waals surface area (Å²) in [4.78, 5) is 17.9. The Labute approximate surface area is 217 Å².